The van der Waals surface area contributed by atoms with Gasteiger partial charge in [0.1, 0.15) is 0 Å². The number of allylic oxidation sites excluding steroid dienone is 2. The van der Waals surface area contributed by atoms with Gasteiger partial charge in [-0.05, 0) is 36.0 Å². The van der Waals surface area contributed by atoms with E-state index in [9.17, 15) is 9.59 Å². The van der Waals surface area contributed by atoms with Gasteiger partial charge in [-0.1, -0.05) is 40.2 Å². The van der Waals surface area contributed by atoms with Crippen molar-refractivity contribution in [2.24, 2.45) is 28.8 Å². The summed E-state index contributed by atoms with van der Waals surface area (Å²) in [7, 11) is 0. The highest BCUT2D eigenvalue weighted by Gasteiger charge is 2.59. The Morgan fingerprint density at radius 1 is 1.05 bits per heavy atom. The number of hydrazone groups is 1. The van der Waals surface area contributed by atoms with Crippen LogP contribution in [-0.4, -0.2) is 23.0 Å². The summed E-state index contributed by atoms with van der Waals surface area (Å²) in [6, 6.07) is 7.55. The molecule has 5 heteroatoms. The number of amides is 2. The maximum absolute atomic E-state index is 12.4. The second-order valence-electron chi connectivity index (χ2n) is 5.78. The van der Waals surface area contributed by atoms with Crippen LogP contribution in [0.4, 0.5) is 0 Å². The number of carbonyl (C=O) groups is 2. The number of halogens is 1. The fourth-order valence-corrected chi connectivity index (χ4v) is 3.94. The Morgan fingerprint density at radius 2 is 1.62 bits per heavy atom. The largest absolute Gasteiger partial charge is 0.272 e. The zero-order valence-corrected chi connectivity index (χ0v) is 12.7. The zero-order chi connectivity index (χ0) is 14.6. The van der Waals surface area contributed by atoms with Crippen molar-refractivity contribution in [1.29, 1.82) is 0 Å². The van der Waals surface area contributed by atoms with Crippen molar-refractivity contribution in [3.05, 3.63) is 46.5 Å². The number of rotatable bonds is 2. The molecular weight excluding hydrogens is 332 g/mol. The number of hydrogen-bond acceptors (Lipinski definition) is 3. The molecule has 1 saturated carbocycles. The summed E-state index contributed by atoms with van der Waals surface area (Å²) < 4.78 is 0.977. The number of imide groups is 1. The third-order valence-corrected chi connectivity index (χ3v) is 5.17. The molecule has 3 aliphatic rings. The lowest BCUT2D eigenvalue weighted by molar-refractivity contribution is -0.140. The summed E-state index contributed by atoms with van der Waals surface area (Å²) in [5, 5.41) is 5.20. The maximum Gasteiger partial charge on any atom is 0.254 e. The Kier molecular flexibility index (Phi) is 2.85. The number of fused-ring (bicyclic) bond motifs is 5. The number of benzene rings is 1. The van der Waals surface area contributed by atoms with Gasteiger partial charge >= 0.3 is 0 Å². The minimum Gasteiger partial charge on any atom is -0.272 e. The van der Waals surface area contributed by atoms with Crippen LogP contribution in [0.3, 0.4) is 0 Å². The van der Waals surface area contributed by atoms with E-state index in [1.807, 2.05) is 24.3 Å². The molecule has 1 aromatic rings. The lowest BCUT2D eigenvalue weighted by atomic mass is 9.85. The monoisotopic (exact) mass is 344 g/mol. The maximum atomic E-state index is 12.4. The lowest BCUT2D eigenvalue weighted by Crippen LogP contribution is -2.28. The fourth-order valence-electron chi connectivity index (χ4n) is 3.67. The van der Waals surface area contributed by atoms with Gasteiger partial charge in [-0.15, -0.1) is 0 Å². The van der Waals surface area contributed by atoms with E-state index in [0.29, 0.717) is 0 Å². The molecule has 106 valence electrons. The molecule has 0 spiro atoms. The third-order valence-electron chi connectivity index (χ3n) is 4.64. The first-order valence-electron chi connectivity index (χ1n) is 7.01. The minimum absolute atomic E-state index is 0.143. The van der Waals surface area contributed by atoms with Gasteiger partial charge in [-0.3, -0.25) is 9.59 Å². The normalized spacial score (nSPS) is 33.5. The molecule has 1 saturated heterocycles. The molecule has 2 aliphatic carbocycles. The van der Waals surface area contributed by atoms with Crippen LogP contribution in [0.1, 0.15) is 12.0 Å². The molecule has 2 bridgehead atoms. The van der Waals surface area contributed by atoms with Gasteiger partial charge in [0.15, 0.2) is 0 Å². The van der Waals surface area contributed by atoms with E-state index in [-0.39, 0.29) is 35.5 Å². The molecular formula is C16H13BrN2O2. The highest BCUT2D eigenvalue weighted by Crippen LogP contribution is 2.52. The van der Waals surface area contributed by atoms with Crippen LogP contribution in [0, 0.1) is 23.7 Å². The van der Waals surface area contributed by atoms with Crippen LogP contribution < -0.4 is 0 Å². The minimum atomic E-state index is -0.186. The molecule has 4 atom stereocenters. The third kappa shape index (κ3) is 1.91. The predicted octanol–water partition coefficient (Wildman–Crippen LogP) is 2.59. The van der Waals surface area contributed by atoms with Crippen LogP contribution in [0.15, 0.2) is 46.0 Å². The Morgan fingerprint density at radius 3 is 2.19 bits per heavy atom. The van der Waals surface area contributed by atoms with Gasteiger partial charge < -0.3 is 0 Å². The molecule has 1 aromatic carbocycles. The van der Waals surface area contributed by atoms with Crippen LogP contribution in [0.25, 0.3) is 0 Å². The van der Waals surface area contributed by atoms with Crippen molar-refractivity contribution < 1.29 is 9.59 Å². The predicted molar refractivity (Wildman–Crippen MR) is 81.3 cm³/mol. The second-order valence-corrected chi connectivity index (χ2v) is 6.70. The van der Waals surface area contributed by atoms with Gasteiger partial charge in [0, 0.05) is 4.47 Å². The summed E-state index contributed by atoms with van der Waals surface area (Å²) in [6.45, 7) is 0. The Bertz CT molecular complexity index is 650. The highest BCUT2D eigenvalue weighted by molar-refractivity contribution is 9.10. The van der Waals surface area contributed by atoms with Gasteiger partial charge in [-0.2, -0.15) is 10.1 Å². The molecule has 1 aliphatic heterocycles. The second kappa shape index (κ2) is 4.63. The van der Waals surface area contributed by atoms with Crippen molar-refractivity contribution in [1.82, 2.24) is 5.01 Å². The summed E-state index contributed by atoms with van der Waals surface area (Å²) >= 11 is 3.36. The van der Waals surface area contributed by atoms with E-state index in [1.54, 1.807) is 6.21 Å². The summed E-state index contributed by atoms with van der Waals surface area (Å²) in [5.74, 6) is -0.205. The molecule has 2 fully saturated rings. The number of hydrogen-bond donors (Lipinski definition) is 0. The number of carbonyl (C=O) groups excluding carboxylic acids is 2. The van der Waals surface area contributed by atoms with Crippen molar-refractivity contribution in [3.8, 4) is 0 Å². The quantitative estimate of drug-likeness (QED) is 0.470. The van der Waals surface area contributed by atoms with Crippen LogP contribution in [0.2, 0.25) is 0 Å². The van der Waals surface area contributed by atoms with Crippen molar-refractivity contribution in [2.45, 2.75) is 6.42 Å². The average molecular weight is 345 g/mol. The first kappa shape index (κ1) is 13.0. The molecule has 0 radical (unpaired) electrons. The molecule has 0 aromatic heterocycles. The molecule has 0 N–H and O–H groups in total. The van der Waals surface area contributed by atoms with E-state index >= 15 is 0 Å². The van der Waals surface area contributed by atoms with E-state index in [0.717, 1.165) is 21.5 Å². The zero-order valence-electron chi connectivity index (χ0n) is 11.1. The van der Waals surface area contributed by atoms with Gasteiger partial charge in [0.25, 0.3) is 11.8 Å². The van der Waals surface area contributed by atoms with Crippen LogP contribution in [-0.2, 0) is 9.59 Å². The smallest absolute Gasteiger partial charge is 0.254 e. The molecule has 2 amide bonds. The average Bonchev–Trinajstić information content (AvgIpc) is 3.14. The molecule has 4 nitrogen and oxygen atoms in total. The van der Waals surface area contributed by atoms with Crippen LogP contribution in [0.5, 0.6) is 0 Å². The van der Waals surface area contributed by atoms with Crippen LogP contribution >= 0.6 is 15.9 Å². The lowest BCUT2D eigenvalue weighted by Gasteiger charge is -2.13. The topological polar surface area (TPSA) is 49.7 Å². The standard InChI is InChI=1S/C16H13BrN2O2/c17-12-5-1-9(2-6-12)8-18-19-15(20)13-10-3-4-11(7-10)14(13)16(19)21/h1-6,8,10-11,13-14H,7H2/t10-,11-,13-,14+/m0/s1. The Balaban J connectivity index is 1.58. The first-order valence-corrected chi connectivity index (χ1v) is 7.80. The molecule has 1 heterocycles. The summed E-state index contributed by atoms with van der Waals surface area (Å²) in [5.41, 5.74) is 0.858. The van der Waals surface area contributed by atoms with Gasteiger partial charge in [0.2, 0.25) is 0 Å². The van der Waals surface area contributed by atoms with E-state index < -0.39 is 0 Å². The van der Waals surface area contributed by atoms with Crippen molar-refractivity contribution in [3.63, 3.8) is 0 Å². The molecule has 4 rings (SSSR count). The van der Waals surface area contributed by atoms with E-state index in [1.165, 1.54) is 0 Å². The Labute approximate surface area is 130 Å². The molecule has 0 unspecified atom stereocenters. The van der Waals surface area contributed by atoms with Crippen molar-refractivity contribution in [2.75, 3.05) is 0 Å². The highest BCUT2D eigenvalue weighted by atomic mass is 79.9. The Hall–Kier alpha value is -1.75. The van der Waals surface area contributed by atoms with Crippen molar-refractivity contribution >= 4 is 34.0 Å². The molecule has 21 heavy (non-hydrogen) atoms. The van der Waals surface area contributed by atoms with Gasteiger partial charge in [-0.25, -0.2) is 0 Å². The first-order chi connectivity index (χ1) is 10.1. The number of nitrogens with zero attached hydrogens (tertiary/aromatic N) is 2. The SMILES string of the molecule is O=C1[C@@H]2[C@H](C(=O)N1N=Cc1ccc(Br)cc1)[C@H]1C=C[C@H]2C1. The van der Waals surface area contributed by atoms with E-state index in [2.05, 4.69) is 33.2 Å². The fraction of sp³-hybridized carbons (Fsp3) is 0.312. The summed E-state index contributed by atoms with van der Waals surface area (Å²) in [4.78, 5) is 24.8. The summed E-state index contributed by atoms with van der Waals surface area (Å²) in [6.07, 6.45) is 6.67. The van der Waals surface area contributed by atoms with E-state index in [4.69, 9.17) is 0 Å². The van der Waals surface area contributed by atoms with Gasteiger partial charge in [0.05, 0.1) is 18.1 Å².